The first-order valence-corrected chi connectivity index (χ1v) is 7.14. The van der Waals surface area contributed by atoms with Crippen molar-refractivity contribution in [3.63, 3.8) is 0 Å². The van der Waals surface area contributed by atoms with Crippen LogP contribution in [0.5, 0.6) is 0 Å². The molecule has 8 heteroatoms. The van der Waals surface area contributed by atoms with Crippen LogP contribution in [0.1, 0.15) is 12.5 Å². The van der Waals surface area contributed by atoms with E-state index < -0.39 is 35.7 Å². The van der Waals surface area contributed by atoms with Gasteiger partial charge in [-0.05, 0) is 19.1 Å². The molecule has 0 spiro atoms. The van der Waals surface area contributed by atoms with E-state index in [0.29, 0.717) is 0 Å². The molecule has 0 saturated carbocycles. The van der Waals surface area contributed by atoms with Crippen LogP contribution in [-0.2, 0) is 15.1 Å². The molecule has 122 valence electrons. The Morgan fingerprint density at radius 2 is 2.22 bits per heavy atom. The SMILES string of the molecule is C=CCNC(=O)CN1C(=O)NC(C)(c2ccc(F)cc2Cl)C1=O. The number of urea groups is 1. The number of benzene rings is 1. The number of halogens is 2. The van der Waals surface area contributed by atoms with E-state index in [-0.39, 0.29) is 17.1 Å². The molecule has 0 aliphatic carbocycles. The third-order valence-corrected chi connectivity index (χ3v) is 3.80. The Morgan fingerprint density at radius 3 is 2.83 bits per heavy atom. The number of rotatable bonds is 5. The predicted molar refractivity (Wildman–Crippen MR) is 82.2 cm³/mol. The standard InChI is InChI=1S/C15H15ClFN3O3/c1-3-6-18-12(21)8-20-13(22)15(2,19-14(20)23)10-5-4-9(17)7-11(10)16/h3-5,7H,1,6,8H2,2H3,(H,18,21)(H,19,23). The van der Waals surface area contributed by atoms with E-state index in [1.54, 1.807) is 0 Å². The van der Waals surface area contributed by atoms with Crippen molar-refractivity contribution in [3.05, 3.63) is 47.3 Å². The summed E-state index contributed by atoms with van der Waals surface area (Å²) >= 11 is 5.98. The van der Waals surface area contributed by atoms with Crippen molar-refractivity contribution in [2.45, 2.75) is 12.5 Å². The van der Waals surface area contributed by atoms with Gasteiger partial charge in [-0.15, -0.1) is 6.58 Å². The first-order chi connectivity index (χ1) is 10.8. The fraction of sp³-hybridized carbons (Fsp3) is 0.267. The van der Waals surface area contributed by atoms with E-state index in [1.807, 2.05) is 0 Å². The molecule has 0 radical (unpaired) electrons. The maximum absolute atomic E-state index is 13.2. The summed E-state index contributed by atoms with van der Waals surface area (Å²) in [5, 5.41) is 4.99. The van der Waals surface area contributed by atoms with Gasteiger partial charge in [0.05, 0.1) is 0 Å². The van der Waals surface area contributed by atoms with Crippen molar-refractivity contribution in [3.8, 4) is 0 Å². The molecule has 2 rings (SSSR count). The third-order valence-electron chi connectivity index (χ3n) is 3.49. The number of carbonyl (C=O) groups is 3. The zero-order valence-electron chi connectivity index (χ0n) is 12.4. The monoisotopic (exact) mass is 339 g/mol. The second-order valence-electron chi connectivity index (χ2n) is 5.16. The smallest absolute Gasteiger partial charge is 0.325 e. The Balaban J connectivity index is 2.26. The molecule has 1 fully saturated rings. The molecule has 2 N–H and O–H groups in total. The van der Waals surface area contributed by atoms with Crippen LogP contribution in [-0.4, -0.2) is 35.8 Å². The van der Waals surface area contributed by atoms with Crippen LogP contribution in [0.2, 0.25) is 5.02 Å². The van der Waals surface area contributed by atoms with Gasteiger partial charge in [-0.2, -0.15) is 0 Å². The maximum Gasteiger partial charge on any atom is 0.325 e. The summed E-state index contributed by atoms with van der Waals surface area (Å²) in [7, 11) is 0. The van der Waals surface area contributed by atoms with E-state index >= 15 is 0 Å². The molecule has 1 aliphatic heterocycles. The summed E-state index contributed by atoms with van der Waals surface area (Å²) in [5.74, 6) is -1.69. The summed E-state index contributed by atoms with van der Waals surface area (Å²) in [6.07, 6.45) is 1.48. The zero-order valence-corrected chi connectivity index (χ0v) is 13.1. The topological polar surface area (TPSA) is 78.5 Å². The fourth-order valence-electron chi connectivity index (χ4n) is 2.30. The number of imide groups is 1. The van der Waals surface area contributed by atoms with Crippen molar-refractivity contribution in [1.82, 2.24) is 15.5 Å². The highest BCUT2D eigenvalue weighted by Gasteiger charge is 2.50. The third kappa shape index (κ3) is 3.19. The minimum Gasteiger partial charge on any atom is -0.351 e. The van der Waals surface area contributed by atoms with Crippen molar-refractivity contribution in [1.29, 1.82) is 0 Å². The van der Waals surface area contributed by atoms with Crippen molar-refractivity contribution in [2.24, 2.45) is 0 Å². The molecular formula is C15H15ClFN3O3. The van der Waals surface area contributed by atoms with Gasteiger partial charge in [0, 0.05) is 17.1 Å². The van der Waals surface area contributed by atoms with E-state index in [1.165, 1.54) is 19.1 Å². The van der Waals surface area contributed by atoms with Gasteiger partial charge < -0.3 is 10.6 Å². The minimum atomic E-state index is -1.46. The van der Waals surface area contributed by atoms with E-state index in [0.717, 1.165) is 17.0 Å². The lowest BCUT2D eigenvalue weighted by molar-refractivity contribution is -0.134. The highest BCUT2D eigenvalue weighted by atomic mass is 35.5. The summed E-state index contributed by atoms with van der Waals surface area (Å²) in [6.45, 7) is 4.71. The van der Waals surface area contributed by atoms with Crippen LogP contribution in [0.3, 0.4) is 0 Å². The molecule has 1 unspecified atom stereocenters. The van der Waals surface area contributed by atoms with E-state index in [2.05, 4.69) is 17.2 Å². The summed E-state index contributed by atoms with van der Waals surface area (Å²) in [4.78, 5) is 37.1. The van der Waals surface area contributed by atoms with Crippen LogP contribution >= 0.6 is 11.6 Å². The summed E-state index contributed by atoms with van der Waals surface area (Å²) in [5.41, 5.74) is -1.20. The van der Waals surface area contributed by atoms with Gasteiger partial charge in [-0.3, -0.25) is 14.5 Å². The Hall–Kier alpha value is -2.41. The summed E-state index contributed by atoms with van der Waals surface area (Å²) < 4.78 is 13.2. The first-order valence-electron chi connectivity index (χ1n) is 6.77. The number of carbonyl (C=O) groups excluding carboxylic acids is 3. The predicted octanol–water partition coefficient (Wildman–Crippen LogP) is 1.55. The van der Waals surface area contributed by atoms with Crippen LogP contribution in [0.15, 0.2) is 30.9 Å². The lowest BCUT2D eigenvalue weighted by atomic mass is 9.92. The van der Waals surface area contributed by atoms with E-state index in [4.69, 9.17) is 11.6 Å². The molecule has 1 aromatic carbocycles. The second kappa shape index (κ2) is 6.37. The second-order valence-corrected chi connectivity index (χ2v) is 5.57. The number of nitrogens with zero attached hydrogens (tertiary/aromatic N) is 1. The minimum absolute atomic E-state index is 0.0131. The summed E-state index contributed by atoms with van der Waals surface area (Å²) in [6, 6.07) is 2.82. The van der Waals surface area contributed by atoms with Crippen molar-refractivity contribution >= 4 is 29.4 Å². The van der Waals surface area contributed by atoms with Gasteiger partial charge in [-0.1, -0.05) is 23.7 Å². The van der Waals surface area contributed by atoms with Gasteiger partial charge in [0.1, 0.15) is 17.9 Å². The van der Waals surface area contributed by atoms with Gasteiger partial charge in [0.2, 0.25) is 5.91 Å². The Morgan fingerprint density at radius 1 is 1.52 bits per heavy atom. The average molecular weight is 340 g/mol. The molecule has 1 aromatic rings. The van der Waals surface area contributed by atoms with Crippen LogP contribution < -0.4 is 10.6 Å². The van der Waals surface area contributed by atoms with Gasteiger partial charge in [-0.25, -0.2) is 9.18 Å². The lowest BCUT2D eigenvalue weighted by Crippen LogP contribution is -2.43. The molecule has 6 nitrogen and oxygen atoms in total. The molecule has 23 heavy (non-hydrogen) atoms. The van der Waals surface area contributed by atoms with Gasteiger partial charge in [0.15, 0.2) is 0 Å². The van der Waals surface area contributed by atoms with Crippen LogP contribution in [0, 0.1) is 5.82 Å². The number of hydrogen-bond donors (Lipinski definition) is 2. The van der Waals surface area contributed by atoms with E-state index in [9.17, 15) is 18.8 Å². The molecule has 1 aliphatic rings. The molecule has 0 bridgehead atoms. The quantitative estimate of drug-likeness (QED) is 0.631. The van der Waals surface area contributed by atoms with Crippen molar-refractivity contribution in [2.75, 3.05) is 13.1 Å². The fourth-order valence-corrected chi connectivity index (χ4v) is 2.66. The highest BCUT2D eigenvalue weighted by Crippen LogP contribution is 2.33. The molecular weight excluding hydrogens is 325 g/mol. The van der Waals surface area contributed by atoms with Crippen LogP contribution in [0.4, 0.5) is 9.18 Å². The van der Waals surface area contributed by atoms with Gasteiger partial charge in [0.25, 0.3) is 5.91 Å². The number of hydrogen-bond acceptors (Lipinski definition) is 3. The molecule has 4 amide bonds. The molecule has 1 atom stereocenters. The zero-order chi connectivity index (χ0) is 17.2. The number of amides is 4. The normalized spacial score (nSPS) is 20.4. The van der Waals surface area contributed by atoms with Crippen LogP contribution in [0.25, 0.3) is 0 Å². The highest BCUT2D eigenvalue weighted by molar-refractivity contribution is 6.32. The first kappa shape index (κ1) is 17.0. The Labute approximate surface area is 137 Å². The lowest BCUT2D eigenvalue weighted by Gasteiger charge is -2.23. The molecule has 0 aromatic heterocycles. The molecule has 1 saturated heterocycles. The maximum atomic E-state index is 13.2. The largest absolute Gasteiger partial charge is 0.351 e. The Bertz CT molecular complexity index is 695. The molecule has 1 heterocycles. The Kier molecular flexibility index (Phi) is 4.70. The van der Waals surface area contributed by atoms with Gasteiger partial charge >= 0.3 is 6.03 Å². The number of nitrogens with one attached hydrogen (secondary N) is 2. The average Bonchev–Trinajstić information content (AvgIpc) is 2.69. The van der Waals surface area contributed by atoms with Crippen molar-refractivity contribution < 1.29 is 18.8 Å².